The second kappa shape index (κ2) is 5.66. The van der Waals surface area contributed by atoms with Crippen LogP contribution in [0.3, 0.4) is 0 Å². The van der Waals surface area contributed by atoms with Crippen LogP contribution in [0.15, 0.2) is 12.3 Å². The lowest BCUT2D eigenvalue weighted by Crippen LogP contribution is -2.27. The molecule has 1 amide bonds. The minimum atomic E-state index is 0.104. The maximum Gasteiger partial charge on any atom is 0.226 e. The third-order valence-electron chi connectivity index (χ3n) is 2.64. The first-order valence-electron chi connectivity index (χ1n) is 6.19. The van der Waals surface area contributed by atoms with Gasteiger partial charge in [0.15, 0.2) is 0 Å². The lowest BCUT2D eigenvalue weighted by Gasteiger charge is -2.11. The minimum absolute atomic E-state index is 0.104. The highest BCUT2D eigenvalue weighted by molar-refractivity contribution is 5.77. The second-order valence-corrected chi connectivity index (χ2v) is 4.65. The van der Waals surface area contributed by atoms with Gasteiger partial charge in [0, 0.05) is 39.3 Å². The Balaban J connectivity index is 1.75. The predicted octanol–water partition coefficient (Wildman–Crippen LogP) is 0.623. The van der Waals surface area contributed by atoms with Crippen LogP contribution >= 0.6 is 0 Å². The summed E-state index contributed by atoms with van der Waals surface area (Å²) in [5.41, 5.74) is 0. The summed E-state index contributed by atoms with van der Waals surface area (Å²) in [6.07, 6.45) is 4.42. The van der Waals surface area contributed by atoms with E-state index in [0.29, 0.717) is 25.0 Å². The SMILES string of the molecule is CN(C)c1nccc(NCCC(=O)NC2CC2)n1. The van der Waals surface area contributed by atoms with Crippen molar-refractivity contribution in [3.05, 3.63) is 12.3 Å². The van der Waals surface area contributed by atoms with Crippen molar-refractivity contribution in [1.29, 1.82) is 0 Å². The van der Waals surface area contributed by atoms with Gasteiger partial charge in [0.1, 0.15) is 5.82 Å². The summed E-state index contributed by atoms with van der Waals surface area (Å²) >= 11 is 0. The molecule has 1 aromatic rings. The van der Waals surface area contributed by atoms with Crippen LogP contribution in [-0.4, -0.2) is 42.6 Å². The third-order valence-corrected chi connectivity index (χ3v) is 2.64. The maximum atomic E-state index is 11.5. The maximum absolute atomic E-state index is 11.5. The van der Waals surface area contributed by atoms with Crippen LogP contribution in [-0.2, 0) is 4.79 Å². The van der Waals surface area contributed by atoms with Gasteiger partial charge in [-0.3, -0.25) is 4.79 Å². The Labute approximate surface area is 107 Å². The fourth-order valence-corrected chi connectivity index (χ4v) is 1.49. The summed E-state index contributed by atoms with van der Waals surface area (Å²) in [4.78, 5) is 21.7. The van der Waals surface area contributed by atoms with Crippen LogP contribution in [0.25, 0.3) is 0 Å². The van der Waals surface area contributed by atoms with Crippen molar-refractivity contribution in [3.8, 4) is 0 Å². The smallest absolute Gasteiger partial charge is 0.226 e. The van der Waals surface area contributed by atoms with E-state index in [2.05, 4.69) is 20.6 Å². The highest BCUT2D eigenvalue weighted by Gasteiger charge is 2.22. The Morgan fingerprint density at radius 3 is 2.94 bits per heavy atom. The van der Waals surface area contributed by atoms with Crippen molar-refractivity contribution in [2.75, 3.05) is 30.9 Å². The van der Waals surface area contributed by atoms with Gasteiger partial charge in [-0.15, -0.1) is 0 Å². The summed E-state index contributed by atoms with van der Waals surface area (Å²) < 4.78 is 0. The molecule has 2 N–H and O–H groups in total. The fourth-order valence-electron chi connectivity index (χ4n) is 1.49. The normalized spacial score (nSPS) is 14.1. The molecule has 0 saturated heterocycles. The molecule has 6 heteroatoms. The van der Waals surface area contributed by atoms with Crippen LogP contribution in [0.1, 0.15) is 19.3 Å². The van der Waals surface area contributed by atoms with Gasteiger partial charge in [-0.1, -0.05) is 0 Å². The third kappa shape index (κ3) is 3.87. The molecule has 0 bridgehead atoms. The molecule has 1 heterocycles. The van der Waals surface area contributed by atoms with Gasteiger partial charge in [0.25, 0.3) is 0 Å². The molecule has 0 aliphatic heterocycles. The Kier molecular flexibility index (Phi) is 3.96. The van der Waals surface area contributed by atoms with E-state index >= 15 is 0 Å². The average Bonchev–Trinajstić information content (AvgIpc) is 3.13. The number of amides is 1. The Morgan fingerprint density at radius 2 is 2.28 bits per heavy atom. The molecule has 0 atom stereocenters. The summed E-state index contributed by atoms with van der Waals surface area (Å²) in [6, 6.07) is 2.23. The van der Waals surface area contributed by atoms with Crippen molar-refractivity contribution in [2.45, 2.75) is 25.3 Å². The zero-order valence-corrected chi connectivity index (χ0v) is 10.8. The van der Waals surface area contributed by atoms with Crippen molar-refractivity contribution >= 4 is 17.7 Å². The monoisotopic (exact) mass is 249 g/mol. The van der Waals surface area contributed by atoms with Crippen LogP contribution in [0, 0.1) is 0 Å². The molecule has 1 fully saturated rings. The van der Waals surface area contributed by atoms with Crippen molar-refractivity contribution in [2.24, 2.45) is 0 Å². The van der Waals surface area contributed by atoms with Crippen molar-refractivity contribution in [1.82, 2.24) is 15.3 Å². The molecule has 18 heavy (non-hydrogen) atoms. The highest BCUT2D eigenvalue weighted by atomic mass is 16.1. The largest absolute Gasteiger partial charge is 0.369 e. The van der Waals surface area contributed by atoms with E-state index in [-0.39, 0.29) is 5.91 Å². The van der Waals surface area contributed by atoms with Gasteiger partial charge in [0.2, 0.25) is 11.9 Å². The Bertz CT molecular complexity index is 417. The number of nitrogens with one attached hydrogen (secondary N) is 2. The standard InChI is InChI=1S/C12H19N5O/c1-17(2)12-14-7-5-10(16-12)13-8-6-11(18)15-9-3-4-9/h5,7,9H,3-4,6,8H2,1-2H3,(H,15,18)(H,13,14,16). The lowest BCUT2D eigenvalue weighted by atomic mass is 10.4. The zero-order valence-electron chi connectivity index (χ0n) is 10.8. The quantitative estimate of drug-likeness (QED) is 0.773. The molecule has 98 valence electrons. The average molecular weight is 249 g/mol. The van der Waals surface area contributed by atoms with Gasteiger partial charge in [-0.25, -0.2) is 4.98 Å². The predicted molar refractivity (Wildman–Crippen MR) is 70.6 cm³/mol. The molecule has 2 rings (SSSR count). The molecule has 0 radical (unpaired) electrons. The first-order valence-corrected chi connectivity index (χ1v) is 6.19. The number of rotatable bonds is 6. The van der Waals surface area contributed by atoms with E-state index in [9.17, 15) is 4.79 Å². The van der Waals surface area contributed by atoms with Crippen LogP contribution < -0.4 is 15.5 Å². The highest BCUT2D eigenvalue weighted by Crippen LogP contribution is 2.18. The minimum Gasteiger partial charge on any atom is -0.369 e. The number of aromatic nitrogens is 2. The van der Waals surface area contributed by atoms with Crippen LogP contribution in [0.4, 0.5) is 11.8 Å². The first kappa shape index (κ1) is 12.6. The number of nitrogens with zero attached hydrogens (tertiary/aromatic N) is 3. The molecule has 0 aromatic carbocycles. The molecule has 1 aliphatic rings. The summed E-state index contributed by atoms with van der Waals surface area (Å²) in [7, 11) is 3.78. The number of hydrogen-bond acceptors (Lipinski definition) is 5. The van der Waals surface area contributed by atoms with Crippen LogP contribution in [0.5, 0.6) is 0 Å². The molecule has 0 spiro atoms. The van der Waals surface area contributed by atoms with Gasteiger partial charge < -0.3 is 15.5 Å². The molecular formula is C12H19N5O. The number of hydrogen-bond donors (Lipinski definition) is 2. The van der Waals surface area contributed by atoms with E-state index in [1.165, 1.54) is 0 Å². The molecule has 1 aromatic heterocycles. The van der Waals surface area contributed by atoms with Gasteiger partial charge in [-0.2, -0.15) is 4.98 Å². The van der Waals surface area contributed by atoms with E-state index in [1.54, 1.807) is 12.3 Å². The number of carbonyl (C=O) groups is 1. The number of anilines is 2. The summed E-state index contributed by atoms with van der Waals surface area (Å²) in [5, 5.41) is 6.08. The Morgan fingerprint density at radius 1 is 1.50 bits per heavy atom. The zero-order chi connectivity index (χ0) is 13.0. The van der Waals surface area contributed by atoms with Crippen LogP contribution in [0.2, 0.25) is 0 Å². The molecule has 6 nitrogen and oxygen atoms in total. The van der Waals surface area contributed by atoms with Gasteiger partial charge >= 0.3 is 0 Å². The van der Waals surface area contributed by atoms with E-state index in [4.69, 9.17) is 0 Å². The van der Waals surface area contributed by atoms with Gasteiger partial charge in [0.05, 0.1) is 0 Å². The molecule has 1 saturated carbocycles. The number of carbonyl (C=O) groups excluding carboxylic acids is 1. The van der Waals surface area contributed by atoms with E-state index in [1.807, 2.05) is 19.0 Å². The second-order valence-electron chi connectivity index (χ2n) is 4.65. The van der Waals surface area contributed by atoms with Gasteiger partial charge in [-0.05, 0) is 18.9 Å². The molecule has 0 unspecified atom stereocenters. The molecule has 1 aliphatic carbocycles. The molecular weight excluding hydrogens is 230 g/mol. The van der Waals surface area contributed by atoms with E-state index in [0.717, 1.165) is 18.7 Å². The van der Waals surface area contributed by atoms with Crippen molar-refractivity contribution in [3.63, 3.8) is 0 Å². The lowest BCUT2D eigenvalue weighted by molar-refractivity contribution is -0.120. The summed E-state index contributed by atoms with van der Waals surface area (Å²) in [6.45, 7) is 0.586. The summed E-state index contributed by atoms with van der Waals surface area (Å²) in [5.74, 6) is 1.50. The topological polar surface area (TPSA) is 70.2 Å². The Hall–Kier alpha value is -1.85. The van der Waals surface area contributed by atoms with E-state index < -0.39 is 0 Å². The van der Waals surface area contributed by atoms with Crippen molar-refractivity contribution < 1.29 is 4.79 Å². The fraction of sp³-hybridized carbons (Fsp3) is 0.583. The first-order chi connectivity index (χ1) is 8.65.